The van der Waals surface area contributed by atoms with E-state index in [1.54, 1.807) is 0 Å². The van der Waals surface area contributed by atoms with E-state index in [0.717, 1.165) is 0 Å². The normalized spacial score (nSPS) is 16.2. The van der Waals surface area contributed by atoms with Gasteiger partial charge in [0.15, 0.2) is 72.2 Å². The Morgan fingerprint density at radius 2 is 0.527 bits per heavy atom. The number of rotatable bonds is 12. The second-order valence-corrected chi connectivity index (χ2v) is 29.3. The molecule has 0 spiro atoms. The van der Waals surface area contributed by atoms with E-state index in [1.807, 2.05) is 0 Å². The van der Waals surface area contributed by atoms with Crippen molar-refractivity contribution in [1.82, 2.24) is 19.6 Å². The van der Waals surface area contributed by atoms with Crippen molar-refractivity contribution in [1.29, 1.82) is 0 Å². The van der Waals surface area contributed by atoms with Crippen LogP contribution < -0.4 is 56.1 Å². The molecule has 4 atom stereocenters. The van der Waals surface area contributed by atoms with Gasteiger partial charge in [-0.05, 0) is 135 Å². The summed E-state index contributed by atoms with van der Waals surface area (Å²) < 4.78 is 17.9. The van der Waals surface area contributed by atoms with Crippen molar-refractivity contribution in [3.05, 3.63) is 316 Å². The Bertz CT molecular complexity index is 5240. The summed E-state index contributed by atoms with van der Waals surface area (Å²) in [5.74, 6) is 4.70. The lowest BCUT2D eigenvalue weighted by atomic mass is 10.0. The molecule has 16 nitrogen and oxygen atoms in total. The van der Waals surface area contributed by atoms with Crippen molar-refractivity contribution in [2.24, 2.45) is 56.4 Å². The summed E-state index contributed by atoms with van der Waals surface area (Å²) in [6.45, 7) is 13.2. The molecule has 12 heterocycles. The summed E-state index contributed by atoms with van der Waals surface area (Å²) in [6, 6.07) is 81.6. The van der Waals surface area contributed by atoms with E-state index in [2.05, 4.69) is 507 Å². The van der Waals surface area contributed by atoms with Gasteiger partial charge in [-0.3, -0.25) is 0 Å². The summed E-state index contributed by atoms with van der Waals surface area (Å²) in [5.41, 5.74) is 22.0. The number of aromatic nitrogens is 8. The lowest BCUT2D eigenvalue weighted by molar-refractivity contribution is -0.684. The third-order valence-electron chi connectivity index (χ3n) is 22.4. The zero-order valence-electron chi connectivity index (χ0n) is 67.3. The van der Waals surface area contributed by atoms with Crippen LogP contribution in [0.2, 0.25) is 0 Å². The topological polar surface area (TPSA) is 57.0 Å². The highest BCUT2D eigenvalue weighted by Gasteiger charge is 2.36. The second-order valence-electron chi connectivity index (χ2n) is 29.3. The van der Waals surface area contributed by atoms with Gasteiger partial charge in [-0.2, -0.15) is 18.3 Å². The molecule has 8 aromatic heterocycles. The highest BCUT2D eigenvalue weighted by molar-refractivity contribution is 5.70. The van der Waals surface area contributed by atoms with Gasteiger partial charge in [0.05, 0.1) is 28.2 Å². The molecule has 4 aliphatic heterocycles. The number of hydrogen-bond donors (Lipinski definition) is 0. The van der Waals surface area contributed by atoms with E-state index in [1.165, 1.54) is 124 Å². The smallest absolute Gasteiger partial charge is 0.283 e. The molecular formula is C94H108N16+8. The van der Waals surface area contributed by atoms with Crippen LogP contribution in [0, 0.1) is 13.8 Å². The fourth-order valence-corrected chi connectivity index (χ4v) is 15.1. The minimum absolute atomic E-state index is 0.302. The first-order chi connectivity index (χ1) is 53.1. The van der Waals surface area contributed by atoms with E-state index in [-0.39, 0.29) is 0 Å². The predicted molar refractivity (Wildman–Crippen MR) is 444 cm³/mol. The molecule has 0 N–H and O–H groups in total. The third-order valence-corrected chi connectivity index (χ3v) is 22.4. The average molecular weight is 1460 g/mol. The Hall–Kier alpha value is -12.6. The fraction of sp³-hybridized carbons (Fsp3) is 0.234. The minimum Gasteiger partial charge on any atom is -0.339 e. The molecule has 4 aromatic carbocycles. The molecule has 0 radical (unpaired) electrons. The maximum Gasteiger partial charge on any atom is 0.283 e. The van der Waals surface area contributed by atoms with Crippen LogP contribution >= 0.6 is 0 Å². The van der Waals surface area contributed by atoms with Crippen molar-refractivity contribution in [3.63, 3.8) is 0 Å². The number of nitrogens with zero attached hydrogens (tertiary/aromatic N) is 16. The molecular weight excluding hydrogens is 1350 g/mol. The van der Waals surface area contributed by atoms with Crippen molar-refractivity contribution in [3.8, 4) is 90.1 Å². The number of anilines is 4. The number of pyridine rings is 8. The molecule has 16 heteroatoms. The Morgan fingerprint density at radius 3 is 0.836 bits per heavy atom. The largest absolute Gasteiger partial charge is 0.339 e. The molecule has 0 unspecified atom stereocenters. The Kier molecular flexibility index (Phi) is 22.6. The molecule has 556 valence electrons. The molecule has 12 aromatic rings. The fourth-order valence-electron chi connectivity index (χ4n) is 15.1. The van der Waals surface area contributed by atoms with Gasteiger partial charge >= 0.3 is 0 Å². The standard InChI is InChI=1S/2C24H28N4.2C23H26N4/c2*1-18-16-23(26(4)17-21(18)20-10-7-6-8-11-20)22-12-9-13-24(27(22)5)28-15-14-25(3)19(28)2;1-18-24(2)15-16-27(18)23-12-8-11-22(26(23)4)21-14-13-20(17-25(21)3)19-9-6-5-7-10-19;1-18-24(2)15-16-27(18)23-12-8-11-21(26(23)4)22-17-20(13-14-25(22)3)19-9-6-5-7-10-19/h2*6-17,19H,1-5H3;2*5-18H,1-4H3/q4*+2/t2*19-;2*18-/m0000/s1. The third kappa shape index (κ3) is 15.6. The number of benzene rings is 4. The average Bonchev–Trinajstić information content (AvgIpc) is 1.33. The molecule has 16 rings (SSSR count). The first kappa shape index (κ1) is 75.7. The van der Waals surface area contributed by atoms with Crippen LogP contribution in [0.5, 0.6) is 0 Å². The van der Waals surface area contributed by atoms with Crippen LogP contribution in [-0.2, 0) is 56.4 Å². The molecule has 110 heavy (non-hydrogen) atoms. The van der Waals surface area contributed by atoms with Crippen molar-refractivity contribution in [2.75, 3.05) is 47.8 Å². The monoisotopic (exact) mass is 1460 g/mol. The van der Waals surface area contributed by atoms with Crippen LogP contribution in [0.25, 0.3) is 90.1 Å². The summed E-state index contributed by atoms with van der Waals surface area (Å²) in [7, 11) is 25.4. The van der Waals surface area contributed by atoms with E-state index < -0.39 is 0 Å². The van der Waals surface area contributed by atoms with E-state index in [9.17, 15) is 0 Å². The van der Waals surface area contributed by atoms with Gasteiger partial charge < -0.3 is 19.6 Å². The van der Waals surface area contributed by atoms with Crippen LogP contribution in [0.4, 0.5) is 23.3 Å². The van der Waals surface area contributed by atoms with Gasteiger partial charge in [-0.1, -0.05) is 121 Å². The highest BCUT2D eigenvalue weighted by atomic mass is 15.4. The quantitative estimate of drug-likeness (QED) is 0.112. The van der Waals surface area contributed by atoms with Gasteiger partial charge in [0.2, 0.25) is 0 Å². The summed E-state index contributed by atoms with van der Waals surface area (Å²) >= 11 is 0. The molecule has 0 saturated heterocycles. The van der Waals surface area contributed by atoms with Gasteiger partial charge in [0.25, 0.3) is 46.0 Å². The molecule has 0 aliphatic carbocycles. The van der Waals surface area contributed by atoms with E-state index in [0.29, 0.717) is 24.7 Å². The molecule has 0 amide bonds. The zero-order valence-corrected chi connectivity index (χ0v) is 67.3. The summed E-state index contributed by atoms with van der Waals surface area (Å²) in [4.78, 5) is 18.0. The molecule has 0 saturated carbocycles. The van der Waals surface area contributed by atoms with Crippen molar-refractivity contribution >= 4 is 23.3 Å². The summed E-state index contributed by atoms with van der Waals surface area (Å²) in [5, 5.41) is 0. The van der Waals surface area contributed by atoms with Crippen molar-refractivity contribution < 1.29 is 36.5 Å². The lowest BCUT2D eigenvalue weighted by Gasteiger charge is -2.21. The Labute approximate surface area is 652 Å². The van der Waals surface area contributed by atoms with E-state index in [4.69, 9.17) is 0 Å². The van der Waals surface area contributed by atoms with E-state index >= 15 is 0 Å². The Balaban J connectivity index is 0.000000129. The second kappa shape index (κ2) is 32.9. The van der Waals surface area contributed by atoms with Gasteiger partial charge in [-0.15, -0.1) is 0 Å². The number of hydrogen-bond acceptors (Lipinski definition) is 8. The van der Waals surface area contributed by atoms with Crippen LogP contribution in [0.3, 0.4) is 0 Å². The zero-order chi connectivity index (χ0) is 77.6. The first-order valence-corrected chi connectivity index (χ1v) is 38.0. The lowest BCUT2D eigenvalue weighted by Crippen LogP contribution is -2.45. The minimum atomic E-state index is 0.302. The van der Waals surface area contributed by atoms with Gasteiger partial charge in [-0.25, -0.2) is 37.9 Å². The maximum absolute atomic E-state index is 2.30. The maximum atomic E-state index is 2.30. The highest BCUT2D eigenvalue weighted by Crippen LogP contribution is 2.32. The first-order valence-electron chi connectivity index (χ1n) is 38.0. The molecule has 4 aliphatic rings. The number of aryl methyl sites for hydroxylation is 6. The van der Waals surface area contributed by atoms with Gasteiger partial charge in [0.1, 0.15) is 53.0 Å². The van der Waals surface area contributed by atoms with Crippen molar-refractivity contribution in [2.45, 2.75) is 66.2 Å². The van der Waals surface area contributed by atoms with Gasteiger partial charge in [0, 0.05) is 124 Å². The van der Waals surface area contributed by atoms with Crippen LogP contribution in [0.15, 0.2) is 305 Å². The SMILES string of the molecule is C[C@H]1N(C)C=CN1c1cccc(-c2cc(-c3ccccc3)cc[n+]2C)[n+]1C.C[C@H]1N(C)C=CN1c1cccc(-c2ccc(-c3ccccc3)c[n+]2C)[n+]1C.Cc1cc(-c2cccc(N3C=CN(C)[C@@H]3C)[n+]2C)[n+](C)cc1-c1ccccc1.Cc1cc(-c2cccc(N3C=CN(C)[C@@H]3C)[n+]2C)[n+](C)cc1-c1ccccc1. The van der Waals surface area contributed by atoms with Crippen LogP contribution in [0.1, 0.15) is 38.8 Å². The predicted octanol–water partition coefficient (Wildman–Crippen LogP) is 13.6. The Morgan fingerprint density at radius 1 is 0.236 bits per heavy atom. The van der Waals surface area contributed by atoms with Crippen LogP contribution in [-0.4, -0.2) is 72.5 Å². The molecule has 0 bridgehead atoms. The molecule has 0 fully saturated rings. The summed E-state index contributed by atoms with van der Waals surface area (Å²) in [6.07, 6.45) is 27.1.